The van der Waals surface area contributed by atoms with Crippen LogP contribution in [0, 0.1) is 25.2 Å². The van der Waals surface area contributed by atoms with Gasteiger partial charge in [-0.15, -0.1) is 10.2 Å². The van der Waals surface area contributed by atoms with E-state index in [0.717, 1.165) is 22.8 Å². The van der Waals surface area contributed by atoms with Crippen LogP contribution < -0.4 is 4.90 Å². The largest absolute Gasteiger partial charge is 0.395 e. The smallest absolute Gasteiger partial charge is 0.176 e. The fourth-order valence-corrected chi connectivity index (χ4v) is 2.89. The first-order valence-corrected chi connectivity index (χ1v) is 8.23. The van der Waals surface area contributed by atoms with Gasteiger partial charge in [0.05, 0.1) is 24.6 Å². The molecule has 2 N–H and O–H groups in total. The summed E-state index contributed by atoms with van der Waals surface area (Å²) in [5.74, 6) is 0. The van der Waals surface area contributed by atoms with Gasteiger partial charge in [0.15, 0.2) is 5.00 Å². The summed E-state index contributed by atoms with van der Waals surface area (Å²) < 4.78 is 4.11. The molecule has 126 valence electrons. The third-order valence-electron chi connectivity index (χ3n) is 3.49. The Bertz CT molecular complexity index is 760. The molecule has 0 bridgehead atoms. The molecule has 0 amide bonds. The molecule has 0 aliphatic carbocycles. The van der Waals surface area contributed by atoms with Gasteiger partial charge in [0.2, 0.25) is 0 Å². The number of azo groups is 1. The Kier molecular flexibility index (Phi) is 6.37. The highest BCUT2D eigenvalue weighted by molar-refractivity contribution is 7.10. The van der Waals surface area contributed by atoms with E-state index in [1.165, 1.54) is 0 Å². The molecule has 0 fully saturated rings. The average Bonchev–Trinajstić information content (AvgIpc) is 2.93. The van der Waals surface area contributed by atoms with Crippen molar-refractivity contribution in [1.29, 1.82) is 5.26 Å². The Balaban J connectivity index is 2.23. The molecule has 1 aromatic heterocycles. The molecular weight excluding hydrogens is 326 g/mol. The summed E-state index contributed by atoms with van der Waals surface area (Å²) in [6.45, 7) is 4.62. The molecule has 24 heavy (non-hydrogen) atoms. The van der Waals surface area contributed by atoms with Crippen LogP contribution in [0.5, 0.6) is 0 Å². The number of aliphatic hydroxyl groups is 2. The fourth-order valence-electron chi connectivity index (χ4n) is 2.21. The van der Waals surface area contributed by atoms with Crippen molar-refractivity contribution in [3.8, 4) is 6.07 Å². The van der Waals surface area contributed by atoms with E-state index in [1.807, 2.05) is 30.0 Å². The molecule has 0 spiro atoms. The predicted molar refractivity (Wildman–Crippen MR) is 93.3 cm³/mol. The van der Waals surface area contributed by atoms with Gasteiger partial charge >= 0.3 is 0 Å². The van der Waals surface area contributed by atoms with Gasteiger partial charge in [-0.2, -0.15) is 9.64 Å². The maximum Gasteiger partial charge on any atom is 0.176 e. The van der Waals surface area contributed by atoms with Crippen LogP contribution in [0.15, 0.2) is 28.4 Å². The molecule has 0 aliphatic heterocycles. The molecule has 2 rings (SSSR count). The van der Waals surface area contributed by atoms with E-state index in [-0.39, 0.29) is 13.2 Å². The monoisotopic (exact) mass is 345 g/mol. The molecule has 0 atom stereocenters. The van der Waals surface area contributed by atoms with Crippen molar-refractivity contribution < 1.29 is 10.2 Å². The highest BCUT2D eigenvalue weighted by Crippen LogP contribution is 2.30. The van der Waals surface area contributed by atoms with Gasteiger partial charge in [0, 0.05) is 18.8 Å². The van der Waals surface area contributed by atoms with Crippen LogP contribution in [-0.2, 0) is 0 Å². The number of aliphatic hydroxyl groups excluding tert-OH is 2. The summed E-state index contributed by atoms with van der Waals surface area (Å²) in [4.78, 5) is 1.90. The molecule has 0 saturated carbocycles. The lowest BCUT2D eigenvalue weighted by Crippen LogP contribution is -2.29. The quantitative estimate of drug-likeness (QED) is 0.751. The maximum absolute atomic E-state index is 9.12. The van der Waals surface area contributed by atoms with E-state index >= 15 is 0 Å². The minimum atomic E-state index is 0.0160. The van der Waals surface area contributed by atoms with Gasteiger partial charge in [-0.05, 0) is 49.1 Å². The number of aromatic nitrogens is 1. The van der Waals surface area contributed by atoms with E-state index in [0.29, 0.717) is 35.0 Å². The Morgan fingerprint density at radius 1 is 1.21 bits per heavy atom. The number of nitriles is 1. The second kappa shape index (κ2) is 8.49. The first kappa shape index (κ1) is 18.0. The predicted octanol–water partition coefficient (Wildman–Crippen LogP) is 2.84. The first-order chi connectivity index (χ1) is 11.6. The lowest BCUT2D eigenvalue weighted by atomic mass is 10.1. The Morgan fingerprint density at radius 3 is 2.50 bits per heavy atom. The summed E-state index contributed by atoms with van der Waals surface area (Å²) in [6, 6.07) is 7.72. The third-order valence-corrected chi connectivity index (χ3v) is 4.31. The van der Waals surface area contributed by atoms with Crippen molar-refractivity contribution in [2.45, 2.75) is 13.8 Å². The fraction of sp³-hybridized carbons (Fsp3) is 0.375. The summed E-state index contributed by atoms with van der Waals surface area (Å²) in [7, 11) is 0. The molecule has 0 saturated heterocycles. The van der Waals surface area contributed by atoms with Crippen LogP contribution in [0.3, 0.4) is 0 Å². The van der Waals surface area contributed by atoms with Gasteiger partial charge in [-0.3, -0.25) is 0 Å². The topological polar surface area (TPSA) is 105 Å². The zero-order chi connectivity index (χ0) is 17.5. The number of hydrogen-bond donors (Lipinski definition) is 2. The minimum absolute atomic E-state index is 0.0160. The normalized spacial score (nSPS) is 11.0. The van der Waals surface area contributed by atoms with Crippen LogP contribution in [0.1, 0.15) is 16.8 Å². The Labute approximate surface area is 144 Å². The summed E-state index contributed by atoms with van der Waals surface area (Å²) in [5.41, 5.74) is 3.63. The number of benzene rings is 1. The number of rotatable bonds is 7. The van der Waals surface area contributed by atoms with Crippen molar-refractivity contribution in [3.63, 3.8) is 0 Å². The van der Waals surface area contributed by atoms with E-state index in [2.05, 4.69) is 20.7 Å². The molecule has 1 heterocycles. The summed E-state index contributed by atoms with van der Waals surface area (Å²) >= 11 is 1.15. The third kappa shape index (κ3) is 4.14. The van der Waals surface area contributed by atoms with Crippen LogP contribution >= 0.6 is 11.5 Å². The molecule has 7 nitrogen and oxygen atoms in total. The van der Waals surface area contributed by atoms with Gasteiger partial charge in [0.1, 0.15) is 11.6 Å². The molecule has 0 aliphatic rings. The Morgan fingerprint density at radius 2 is 1.92 bits per heavy atom. The average molecular weight is 345 g/mol. The van der Waals surface area contributed by atoms with Crippen molar-refractivity contribution in [3.05, 3.63) is 35.0 Å². The number of hydrogen-bond acceptors (Lipinski definition) is 8. The zero-order valence-electron chi connectivity index (χ0n) is 13.6. The SMILES string of the molecule is Cc1cc(N(CCO)CCO)ccc1N=Nc1snc(C)c1C#N. The van der Waals surface area contributed by atoms with Crippen LogP contribution in [0.4, 0.5) is 16.4 Å². The van der Waals surface area contributed by atoms with Gasteiger partial charge in [0.25, 0.3) is 0 Å². The van der Waals surface area contributed by atoms with E-state index in [9.17, 15) is 0 Å². The van der Waals surface area contributed by atoms with Crippen LogP contribution in [-0.4, -0.2) is 40.9 Å². The standard InChI is InChI=1S/C16H19N5O2S/c1-11-9-13(21(5-7-22)6-8-23)3-4-15(11)18-19-16-14(10-17)12(2)20-24-16/h3-4,9,22-23H,5-8H2,1-2H3. The molecule has 0 radical (unpaired) electrons. The van der Waals surface area contributed by atoms with Crippen molar-refractivity contribution in [1.82, 2.24) is 4.37 Å². The second-order valence-corrected chi connectivity index (χ2v) is 5.92. The number of anilines is 1. The first-order valence-electron chi connectivity index (χ1n) is 7.46. The molecule has 2 aromatic rings. The highest BCUT2D eigenvalue weighted by Gasteiger charge is 2.10. The van der Waals surface area contributed by atoms with Crippen LogP contribution in [0.2, 0.25) is 0 Å². The summed E-state index contributed by atoms with van der Waals surface area (Å²) in [5, 5.41) is 36.2. The van der Waals surface area contributed by atoms with Gasteiger partial charge < -0.3 is 15.1 Å². The lowest BCUT2D eigenvalue weighted by molar-refractivity contribution is 0.281. The molecule has 1 aromatic carbocycles. The van der Waals surface area contributed by atoms with E-state index < -0.39 is 0 Å². The van der Waals surface area contributed by atoms with Gasteiger partial charge in [-0.1, -0.05) is 0 Å². The van der Waals surface area contributed by atoms with Gasteiger partial charge in [-0.25, -0.2) is 0 Å². The minimum Gasteiger partial charge on any atom is -0.395 e. The van der Waals surface area contributed by atoms with Crippen molar-refractivity contribution >= 4 is 27.9 Å². The number of nitrogens with zero attached hydrogens (tertiary/aromatic N) is 5. The van der Waals surface area contributed by atoms with Crippen molar-refractivity contribution in [2.75, 3.05) is 31.2 Å². The van der Waals surface area contributed by atoms with Crippen molar-refractivity contribution in [2.24, 2.45) is 10.2 Å². The lowest BCUT2D eigenvalue weighted by Gasteiger charge is -2.23. The van der Waals surface area contributed by atoms with Crippen LogP contribution in [0.25, 0.3) is 0 Å². The van der Waals surface area contributed by atoms with E-state index in [4.69, 9.17) is 15.5 Å². The van der Waals surface area contributed by atoms with E-state index in [1.54, 1.807) is 6.92 Å². The zero-order valence-corrected chi connectivity index (χ0v) is 14.4. The molecule has 8 heteroatoms. The Hall–Kier alpha value is -2.34. The summed E-state index contributed by atoms with van der Waals surface area (Å²) in [6.07, 6.45) is 0. The second-order valence-electron chi connectivity index (χ2n) is 5.16. The molecular formula is C16H19N5O2S. The maximum atomic E-state index is 9.12. The highest BCUT2D eigenvalue weighted by atomic mass is 32.1. The number of aryl methyl sites for hydroxylation is 2. The molecule has 0 unspecified atom stereocenters.